The van der Waals surface area contributed by atoms with Crippen molar-refractivity contribution < 1.29 is 0 Å². The van der Waals surface area contributed by atoms with Crippen molar-refractivity contribution in [3.05, 3.63) is 40.5 Å². The van der Waals surface area contributed by atoms with Crippen LogP contribution >= 0.6 is 0 Å². The summed E-state index contributed by atoms with van der Waals surface area (Å²) in [4.78, 5) is 20.0. The van der Waals surface area contributed by atoms with E-state index in [0.717, 1.165) is 44.1 Å². The molecule has 1 spiro atoms. The molecule has 1 unspecified atom stereocenters. The van der Waals surface area contributed by atoms with Crippen LogP contribution in [0.25, 0.3) is 0 Å². The van der Waals surface area contributed by atoms with Gasteiger partial charge in [0.05, 0.1) is 11.4 Å². The predicted octanol–water partition coefficient (Wildman–Crippen LogP) is 2.86. The summed E-state index contributed by atoms with van der Waals surface area (Å²) in [5, 5.41) is 0. The molecule has 3 heterocycles. The molecular weight excluding hydrogens is 298 g/mol. The number of aryl methyl sites for hydroxylation is 4. The van der Waals surface area contributed by atoms with E-state index < -0.39 is 0 Å². The van der Waals surface area contributed by atoms with Crippen LogP contribution < -0.4 is 0 Å². The zero-order chi connectivity index (χ0) is 16.7. The summed E-state index contributed by atoms with van der Waals surface area (Å²) in [7, 11) is 0. The van der Waals surface area contributed by atoms with Crippen molar-refractivity contribution in [1.29, 1.82) is 0 Å². The molecule has 1 fully saturated rings. The Balaban J connectivity index is 1.57. The molecule has 1 saturated heterocycles. The number of piperidine rings is 1. The first-order chi connectivity index (χ1) is 11.6. The molecule has 1 atom stereocenters. The Morgan fingerprint density at radius 3 is 2.92 bits per heavy atom. The van der Waals surface area contributed by atoms with E-state index in [1.165, 1.54) is 41.9 Å². The van der Waals surface area contributed by atoms with Crippen LogP contribution in [0.3, 0.4) is 0 Å². The molecule has 5 nitrogen and oxygen atoms in total. The lowest BCUT2D eigenvalue weighted by Gasteiger charge is -2.40. The number of nitrogens with one attached hydrogen (secondary N) is 1. The zero-order valence-electron chi connectivity index (χ0n) is 15.0. The highest BCUT2D eigenvalue weighted by atomic mass is 15.2. The predicted molar refractivity (Wildman–Crippen MR) is 94.0 cm³/mol. The van der Waals surface area contributed by atoms with Crippen molar-refractivity contribution in [2.75, 3.05) is 13.1 Å². The van der Waals surface area contributed by atoms with Crippen LogP contribution in [0.5, 0.6) is 0 Å². The third-order valence-corrected chi connectivity index (χ3v) is 5.76. The number of hydrogen-bond acceptors (Lipinski definition) is 4. The van der Waals surface area contributed by atoms with Crippen LogP contribution in [-0.2, 0) is 24.8 Å². The quantitative estimate of drug-likeness (QED) is 0.943. The second kappa shape index (κ2) is 5.96. The number of fused-ring (bicyclic) bond motifs is 2. The number of rotatable bonds is 3. The number of H-pyrrole nitrogens is 1. The summed E-state index contributed by atoms with van der Waals surface area (Å²) in [6.45, 7) is 9.51. The molecule has 2 aromatic rings. The molecule has 128 valence electrons. The summed E-state index contributed by atoms with van der Waals surface area (Å²) in [6.07, 6.45) is 7.87. The van der Waals surface area contributed by atoms with Gasteiger partial charge in [0.1, 0.15) is 11.6 Å². The maximum Gasteiger partial charge on any atom is 0.125 e. The number of nitrogens with zero attached hydrogens (tertiary/aromatic N) is 4. The normalized spacial score (nSPS) is 23.8. The Hall–Kier alpha value is -1.75. The number of imidazole rings is 1. The highest BCUT2D eigenvalue weighted by Crippen LogP contribution is 2.44. The van der Waals surface area contributed by atoms with E-state index in [0.29, 0.717) is 0 Å². The van der Waals surface area contributed by atoms with Crippen molar-refractivity contribution in [1.82, 2.24) is 24.8 Å². The van der Waals surface area contributed by atoms with Crippen molar-refractivity contribution in [2.24, 2.45) is 0 Å². The molecular formula is C19H27N5. The summed E-state index contributed by atoms with van der Waals surface area (Å²) in [5.41, 5.74) is 5.36. The van der Waals surface area contributed by atoms with Crippen LogP contribution in [-0.4, -0.2) is 37.9 Å². The average molecular weight is 325 g/mol. The van der Waals surface area contributed by atoms with E-state index in [-0.39, 0.29) is 5.41 Å². The molecule has 5 heteroatoms. The smallest absolute Gasteiger partial charge is 0.125 e. The Morgan fingerprint density at radius 1 is 1.25 bits per heavy atom. The second-order valence-electron chi connectivity index (χ2n) is 7.49. The van der Waals surface area contributed by atoms with E-state index >= 15 is 0 Å². The molecule has 0 aromatic carbocycles. The van der Waals surface area contributed by atoms with Crippen molar-refractivity contribution >= 4 is 0 Å². The van der Waals surface area contributed by atoms with Crippen LogP contribution in [0.4, 0.5) is 0 Å². The fourth-order valence-corrected chi connectivity index (χ4v) is 4.49. The maximum atomic E-state index is 4.85. The van der Waals surface area contributed by atoms with Crippen LogP contribution in [0.2, 0.25) is 0 Å². The first-order valence-corrected chi connectivity index (χ1v) is 9.19. The molecule has 2 aromatic heterocycles. The van der Waals surface area contributed by atoms with E-state index in [9.17, 15) is 0 Å². The fourth-order valence-electron chi connectivity index (χ4n) is 4.49. The molecule has 4 rings (SSSR count). The maximum absolute atomic E-state index is 4.85. The van der Waals surface area contributed by atoms with Gasteiger partial charge in [0.25, 0.3) is 0 Å². The Labute approximate surface area is 143 Å². The third-order valence-electron chi connectivity index (χ3n) is 5.76. The van der Waals surface area contributed by atoms with Gasteiger partial charge in [-0.1, -0.05) is 6.92 Å². The fraction of sp³-hybridized carbons (Fsp3) is 0.632. The molecule has 0 radical (unpaired) electrons. The number of likely N-dealkylation sites (tertiary alicyclic amines) is 1. The van der Waals surface area contributed by atoms with E-state index in [1.807, 2.05) is 6.92 Å². The molecule has 0 saturated carbocycles. The molecule has 0 bridgehead atoms. The van der Waals surface area contributed by atoms with Crippen LogP contribution in [0.15, 0.2) is 6.20 Å². The van der Waals surface area contributed by atoms with Gasteiger partial charge in [0, 0.05) is 36.8 Å². The van der Waals surface area contributed by atoms with Gasteiger partial charge in [-0.05, 0) is 51.6 Å². The summed E-state index contributed by atoms with van der Waals surface area (Å²) in [6, 6.07) is 0. The Morgan fingerprint density at radius 2 is 2.12 bits per heavy atom. The Bertz CT molecular complexity index is 746. The monoisotopic (exact) mass is 325 g/mol. The van der Waals surface area contributed by atoms with Crippen molar-refractivity contribution in [3.63, 3.8) is 0 Å². The van der Waals surface area contributed by atoms with E-state index in [1.54, 1.807) is 0 Å². The summed E-state index contributed by atoms with van der Waals surface area (Å²) < 4.78 is 0. The first kappa shape index (κ1) is 15.8. The topological polar surface area (TPSA) is 57.7 Å². The molecule has 1 aliphatic heterocycles. The van der Waals surface area contributed by atoms with Gasteiger partial charge in [-0.15, -0.1) is 0 Å². The lowest BCUT2D eigenvalue weighted by atomic mass is 9.77. The highest BCUT2D eigenvalue weighted by Gasteiger charge is 2.43. The van der Waals surface area contributed by atoms with E-state index in [2.05, 4.69) is 34.9 Å². The molecule has 24 heavy (non-hydrogen) atoms. The summed E-state index contributed by atoms with van der Waals surface area (Å²) in [5.74, 6) is 2.01. The molecule has 2 aliphatic rings. The number of hydrogen-bond donors (Lipinski definition) is 1. The van der Waals surface area contributed by atoms with Crippen molar-refractivity contribution in [2.45, 2.75) is 64.8 Å². The number of aromatic amines is 1. The standard InChI is InChI=1S/C19H27N5/c1-4-17-21-13(2)16(23-17)11-24-9-5-7-19(12-24)8-6-15-10-20-14(3)22-18(15)19/h10H,4-9,11-12H2,1-3H3,(H,21,23). The Kier molecular flexibility index (Phi) is 3.91. The molecule has 1 N–H and O–H groups in total. The largest absolute Gasteiger partial charge is 0.346 e. The SMILES string of the molecule is CCc1nc(CN2CCCC3(CCc4cnc(C)nc43)C2)c(C)[nH]1. The summed E-state index contributed by atoms with van der Waals surface area (Å²) >= 11 is 0. The van der Waals surface area contributed by atoms with Gasteiger partial charge in [0.15, 0.2) is 0 Å². The zero-order valence-corrected chi connectivity index (χ0v) is 15.0. The van der Waals surface area contributed by atoms with Crippen molar-refractivity contribution in [3.8, 4) is 0 Å². The lowest BCUT2D eigenvalue weighted by molar-refractivity contribution is 0.135. The van der Waals surface area contributed by atoms with Gasteiger partial charge < -0.3 is 4.98 Å². The van der Waals surface area contributed by atoms with E-state index in [4.69, 9.17) is 9.97 Å². The average Bonchev–Trinajstić information content (AvgIpc) is 3.09. The number of aromatic nitrogens is 4. The third kappa shape index (κ3) is 2.65. The van der Waals surface area contributed by atoms with Gasteiger partial charge in [-0.3, -0.25) is 4.90 Å². The minimum Gasteiger partial charge on any atom is -0.346 e. The second-order valence-corrected chi connectivity index (χ2v) is 7.49. The molecule has 1 aliphatic carbocycles. The minimum absolute atomic E-state index is 0.235. The van der Waals surface area contributed by atoms with Gasteiger partial charge >= 0.3 is 0 Å². The molecule has 0 amide bonds. The highest BCUT2D eigenvalue weighted by molar-refractivity contribution is 5.33. The van der Waals surface area contributed by atoms with Gasteiger partial charge in [-0.2, -0.15) is 0 Å². The van der Waals surface area contributed by atoms with Crippen LogP contribution in [0.1, 0.15) is 60.5 Å². The van der Waals surface area contributed by atoms with Crippen LogP contribution in [0, 0.1) is 13.8 Å². The van der Waals surface area contributed by atoms with Gasteiger partial charge in [-0.25, -0.2) is 15.0 Å². The lowest BCUT2D eigenvalue weighted by Crippen LogP contribution is -2.45. The first-order valence-electron chi connectivity index (χ1n) is 9.19. The van der Waals surface area contributed by atoms with Gasteiger partial charge in [0.2, 0.25) is 0 Å². The minimum atomic E-state index is 0.235.